The summed E-state index contributed by atoms with van der Waals surface area (Å²) in [6.07, 6.45) is 1.55. The Bertz CT molecular complexity index is 669. The summed E-state index contributed by atoms with van der Waals surface area (Å²) in [4.78, 5) is 34.5. The van der Waals surface area contributed by atoms with Crippen molar-refractivity contribution in [2.45, 2.75) is 20.0 Å². The number of esters is 1. The Morgan fingerprint density at radius 2 is 1.76 bits per heavy atom. The highest BCUT2D eigenvalue weighted by Gasteiger charge is 2.26. The summed E-state index contributed by atoms with van der Waals surface area (Å²) in [5.74, 6) is -0.759. The van der Waals surface area contributed by atoms with Crippen LogP contribution in [-0.4, -0.2) is 38.2 Å². The van der Waals surface area contributed by atoms with Gasteiger partial charge >= 0.3 is 12.0 Å². The van der Waals surface area contributed by atoms with E-state index in [1.54, 1.807) is 32.0 Å². The average Bonchev–Trinajstić information content (AvgIpc) is 2.56. The van der Waals surface area contributed by atoms with Crippen LogP contribution in [0.1, 0.15) is 19.4 Å². The number of hydrogen-bond acceptors (Lipinski definition) is 6. The van der Waals surface area contributed by atoms with Gasteiger partial charge in [-0.15, -0.1) is 0 Å². The van der Waals surface area contributed by atoms with Crippen LogP contribution in [0.25, 0.3) is 6.08 Å². The molecule has 0 saturated heterocycles. The van der Waals surface area contributed by atoms with Crippen LogP contribution >= 0.6 is 0 Å². The zero-order valence-electron chi connectivity index (χ0n) is 14.6. The quantitative estimate of drug-likeness (QED) is 0.568. The Kier molecular flexibility index (Phi) is 7.45. The van der Waals surface area contributed by atoms with Gasteiger partial charge in [0.15, 0.2) is 17.6 Å². The summed E-state index contributed by atoms with van der Waals surface area (Å²) in [5, 5.41) is 1.90. The minimum absolute atomic E-state index is 0.335. The standard InChI is InChI=1S/C17H22N2O6/c1-10(2)15(16(21)19-17(18)22)25-14(20)8-6-11-5-7-12(23-3)13(9-11)24-4/h5-10,15H,1-4H3,(H3,18,19,21,22). The number of imide groups is 1. The van der Waals surface area contributed by atoms with E-state index in [1.165, 1.54) is 26.4 Å². The number of nitrogens with one attached hydrogen (secondary N) is 1. The molecule has 25 heavy (non-hydrogen) atoms. The van der Waals surface area contributed by atoms with E-state index in [1.807, 2.05) is 5.32 Å². The van der Waals surface area contributed by atoms with Crippen LogP contribution in [0.3, 0.4) is 0 Å². The van der Waals surface area contributed by atoms with Crippen LogP contribution in [0.4, 0.5) is 4.79 Å². The Labute approximate surface area is 145 Å². The van der Waals surface area contributed by atoms with Crippen molar-refractivity contribution in [3.63, 3.8) is 0 Å². The first-order valence-electron chi connectivity index (χ1n) is 7.49. The number of primary amides is 1. The number of benzene rings is 1. The highest BCUT2D eigenvalue weighted by atomic mass is 16.5. The third-order valence-electron chi connectivity index (χ3n) is 3.17. The predicted octanol–water partition coefficient (Wildman–Crippen LogP) is 1.48. The van der Waals surface area contributed by atoms with Crippen molar-refractivity contribution in [3.05, 3.63) is 29.8 Å². The molecule has 1 atom stereocenters. The first kappa shape index (κ1) is 20.0. The molecule has 1 aromatic rings. The topological polar surface area (TPSA) is 117 Å². The van der Waals surface area contributed by atoms with Gasteiger partial charge in [0.1, 0.15) is 0 Å². The van der Waals surface area contributed by atoms with Gasteiger partial charge in [0.05, 0.1) is 14.2 Å². The molecule has 0 radical (unpaired) electrons. The molecular formula is C17H22N2O6. The van der Waals surface area contributed by atoms with Crippen molar-refractivity contribution < 1.29 is 28.6 Å². The zero-order valence-corrected chi connectivity index (χ0v) is 14.6. The molecule has 0 heterocycles. The predicted molar refractivity (Wildman–Crippen MR) is 91.0 cm³/mol. The van der Waals surface area contributed by atoms with Crippen LogP contribution in [-0.2, 0) is 14.3 Å². The van der Waals surface area contributed by atoms with E-state index in [-0.39, 0.29) is 5.92 Å². The van der Waals surface area contributed by atoms with Gasteiger partial charge in [0.25, 0.3) is 5.91 Å². The van der Waals surface area contributed by atoms with Crippen LogP contribution in [0.5, 0.6) is 11.5 Å². The number of rotatable bonds is 7. The number of urea groups is 1. The second kappa shape index (κ2) is 9.31. The number of hydrogen-bond donors (Lipinski definition) is 2. The molecule has 0 aliphatic rings. The zero-order chi connectivity index (χ0) is 19.0. The average molecular weight is 350 g/mol. The second-order valence-electron chi connectivity index (χ2n) is 5.40. The van der Waals surface area contributed by atoms with E-state index < -0.39 is 24.0 Å². The minimum Gasteiger partial charge on any atom is -0.493 e. The van der Waals surface area contributed by atoms with Gasteiger partial charge < -0.3 is 19.9 Å². The lowest BCUT2D eigenvalue weighted by atomic mass is 10.1. The van der Waals surface area contributed by atoms with E-state index in [9.17, 15) is 14.4 Å². The molecule has 136 valence electrons. The fourth-order valence-corrected chi connectivity index (χ4v) is 1.97. The molecule has 0 aromatic heterocycles. The fraction of sp³-hybridized carbons (Fsp3) is 0.353. The maximum atomic E-state index is 11.9. The second-order valence-corrected chi connectivity index (χ2v) is 5.40. The number of nitrogens with two attached hydrogens (primary N) is 1. The largest absolute Gasteiger partial charge is 0.493 e. The number of methoxy groups -OCH3 is 2. The molecule has 0 fully saturated rings. The lowest BCUT2D eigenvalue weighted by molar-refractivity contribution is -0.153. The number of ether oxygens (including phenoxy) is 3. The highest BCUT2D eigenvalue weighted by Crippen LogP contribution is 2.27. The van der Waals surface area contributed by atoms with Crippen LogP contribution < -0.4 is 20.5 Å². The fourth-order valence-electron chi connectivity index (χ4n) is 1.97. The first-order chi connectivity index (χ1) is 11.8. The summed E-state index contributed by atoms with van der Waals surface area (Å²) >= 11 is 0. The van der Waals surface area contributed by atoms with Gasteiger partial charge in [-0.25, -0.2) is 9.59 Å². The number of carbonyl (C=O) groups is 3. The van der Waals surface area contributed by atoms with Crippen molar-refractivity contribution in [2.24, 2.45) is 11.7 Å². The van der Waals surface area contributed by atoms with Gasteiger partial charge in [0, 0.05) is 6.08 Å². The number of carbonyl (C=O) groups excluding carboxylic acids is 3. The van der Waals surface area contributed by atoms with Crippen LogP contribution in [0.2, 0.25) is 0 Å². The maximum Gasteiger partial charge on any atom is 0.331 e. The van der Waals surface area contributed by atoms with Crippen LogP contribution in [0, 0.1) is 5.92 Å². The Balaban J connectivity index is 2.81. The lowest BCUT2D eigenvalue weighted by Crippen LogP contribution is -2.45. The molecule has 0 saturated carbocycles. The van der Waals surface area contributed by atoms with Crippen molar-refractivity contribution >= 4 is 24.0 Å². The Morgan fingerprint density at radius 1 is 1.12 bits per heavy atom. The smallest absolute Gasteiger partial charge is 0.331 e. The maximum absolute atomic E-state index is 11.9. The summed E-state index contributed by atoms with van der Waals surface area (Å²) in [6, 6.07) is 4.10. The molecule has 8 heteroatoms. The molecule has 1 aromatic carbocycles. The van der Waals surface area contributed by atoms with Crippen molar-refractivity contribution in [2.75, 3.05) is 14.2 Å². The molecule has 8 nitrogen and oxygen atoms in total. The van der Waals surface area contributed by atoms with E-state index in [0.29, 0.717) is 17.1 Å². The monoisotopic (exact) mass is 350 g/mol. The summed E-state index contributed by atoms with van der Waals surface area (Å²) in [5.41, 5.74) is 5.58. The van der Waals surface area contributed by atoms with Gasteiger partial charge in [-0.05, 0) is 29.7 Å². The summed E-state index contributed by atoms with van der Waals surface area (Å²) in [6.45, 7) is 3.35. The van der Waals surface area contributed by atoms with Gasteiger partial charge in [-0.1, -0.05) is 19.9 Å². The van der Waals surface area contributed by atoms with E-state index in [0.717, 1.165) is 0 Å². The van der Waals surface area contributed by atoms with E-state index in [2.05, 4.69) is 0 Å². The molecule has 3 amide bonds. The van der Waals surface area contributed by atoms with Gasteiger partial charge in [0.2, 0.25) is 0 Å². The Morgan fingerprint density at radius 3 is 2.28 bits per heavy atom. The normalized spacial score (nSPS) is 11.9. The van der Waals surface area contributed by atoms with Crippen LogP contribution in [0.15, 0.2) is 24.3 Å². The van der Waals surface area contributed by atoms with E-state index >= 15 is 0 Å². The Hall–Kier alpha value is -3.03. The molecule has 0 aliphatic carbocycles. The number of amides is 3. The first-order valence-corrected chi connectivity index (χ1v) is 7.49. The molecule has 0 spiro atoms. The highest BCUT2D eigenvalue weighted by molar-refractivity contribution is 5.97. The SMILES string of the molecule is COc1ccc(C=CC(=O)OC(C(=O)NC(N)=O)C(C)C)cc1OC. The molecule has 1 unspecified atom stereocenters. The molecule has 0 bridgehead atoms. The summed E-state index contributed by atoms with van der Waals surface area (Å²) < 4.78 is 15.4. The third kappa shape index (κ3) is 6.17. The molecular weight excluding hydrogens is 328 g/mol. The van der Waals surface area contributed by atoms with Crippen molar-refractivity contribution in [1.29, 1.82) is 0 Å². The molecule has 1 rings (SSSR count). The van der Waals surface area contributed by atoms with Gasteiger partial charge in [-0.2, -0.15) is 0 Å². The van der Waals surface area contributed by atoms with Crippen molar-refractivity contribution in [3.8, 4) is 11.5 Å². The molecule has 3 N–H and O–H groups in total. The lowest BCUT2D eigenvalue weighted by Gasteiger charge is -2.18. The van der Waals surface area contributed by atoms with Gasteiger partial charge in [-0.3, -0.25) is 10.1 Å². The van der Waals surface area contributed by atoms with Crippen molar-refractivity contribution in [1.82, 2.24) is 5.32 Å². The molecule has 0 aliphatic heterocycles. The third-order valence-corrected chi connectivity index (χ3v) is 3.17. The minimum atomic E-state index is -1.13. The summed E-state index contributed by atoms with van der Waals surface area (Å²) in [7, 11) is 3.03. The van der Waals surface area contributed by atoms with E-state index in [4.69, 9.17) is 19.9 Å².